The molecule has 0 atom stereocenters. The fourth-order valence-electron chi connectivity index (χ4n) is 3.12. The van der Waals surface area contributed by atoms with E-state index in [1.165, 1.54) is 12.3 Å². The summed E-state index contributed by atoms with van der Waals surface area (Å²) < 4.78 is 8.33. The van der Waals surface area contributed by atoms with Gasteiger partial charge in [0.25, 0.3) is 5.56 Å². The molecule has 0 saturated heterocycles. The average Bonchev–Trinajstić information content (AvgIpc) is 2.78. The Labute approximate surface area is 214 Å². The first kappa shape index (κ1) is 23.2. The zero-order chi connectivity index (χ0) is 23.5. The van der Waals surface area contributed by atoms with E-state index >= 15 is 0 Å². The van der Waals surface area contributed by atoms with Gasteiger partial charge in [0.05, 0.1) is 29.8 Å². The third-order valence-corrected chi connectivity index (χ3v) is 6.29. The van der Waals surface area contributed by atoms with Gasteiger partial charge >= 0.3 is 11.7 Å². The Bertz CT molecular complexity index is 1500. The highest BCUT2D eigenvalue weighted by Gasteiger charge is 2.11. The Morgan fingerprint density at radius 2 is 1.79 bits per heavy atom. The summed E-state index contributed by atoms with van der Waals surface area (Å²) in [7, 11) is 0. The molecule has 33 heavy (non-hydrogen) atoms. The first-order valence-electron chi connectivity index (χ1n) is 9.56. The van der Waals surface area contributed by atoms with Crippen molar-refractivity contribution in [2.75, 3.05) is 0 Å². The Morgan fingerprint density at radius 3 is 2.52 bits per heavy atom. The molecule has 0 saturated carbocycles. The van der Waals surface area contributed by atoms with Gasteiger partial charge in [0, 0.05) is 0 Å². The molecule has 0 fully saturated rings. The Hall–Kier alpha value is -3.00. The number of carbonyl (C=O) groups is 1. The molecule has 0 aliphatic heterocycles. The number of carboxylic acid groups (broad SMARTS) is 1. The van der Waals surface area contributed by atoms with Crippen LogP contribution in [0.1, 0.15) is 21.5 Å². The van der Waals surface area contributed by atoms with Gasteiger partial charge in [-0.15, -0.1) is 4.68 Å². The summed E-state index contributed by atoms with van der Waals surface area (Å²) in [6.45, 7) is 0.211. The Morgan fingerprint density at radius 1 is 1.06 bits per heavy atom. The summed E-state index contributed by atoms with van der Waals surface area (Å²) in [5, 5.41) is 13.6. The van der Waals surface area contributed by atoms with Crippen LogP contribution < -0.4 is 16.0 Å². The Balaban J connectivity index is 1.58. The maximum atomic E-state index is 12.6. The summed E-state index contributed by atoms with van der Waals surface area (Å²) in [5.41, 5.74) is 0.955. The van der Waals surface area contributed by atoms with Crippen molar-refractivity contribution in [3.8, 4) is 5.75 Å². The predicted molar refractivity (Wildman–Crippen MR) is 141 cm³/mol. The van der Waals surface area contributed by atoms with E-state index in [1.807, 2.05) is 12.1 Å². The predicted octanol–water partition coefficient (Wildman–Crippen LogP) is 4.06. The number of halogens is 2. The van der Waals surface area contributed by atoms with Crippen molar-refractivity contribution in [1.29, 1.82) is 0 Å². The smallest absolute Gasteiger partial charge is 0.349 e. The van der Waals surface area contributed by atoms with E-state index < -0.39 is 17.2 Å². The maximum Gasteiger partial charge on any atom is 0.349 e. The van der Waals surface area contributed by atoms with Crippen LogP contribution in [-0.2, 0) is 6.61 Å². The lowest BCUT2D eigenvalue weighted by Crippen LogP contribution is -2.32. The average molecular weight is 667 g/mol. The van der Waals surface area contributed by atoms with Crippen molar-refractivity contribution < 1.29 is 14.6 Å². The van der Waals surface area contributed by atoms with Crippen LogP contribution in [0.2, 0.25) is 0 Å². The number of benzene rings is 3. The molecule has 0 radical (unpaired) electrons. The van der Waals surface area contributed by atoms with Crippen LogP contribution in [-0.4, -0.2) is 27.0 Å². The van der Waals surface area contributed by atoms with E-state index in [0.29, 0.717) is 22.2 Å². The molecule has 10 heteroatoms. The van der Waals surface area contributed by atoms with Gasteiger partial charge in [0.1, 0.15) is 12.4 Å². The normalized spacial score (nSPS) is 11.2. The molecule has 0 aliphatic carbocycles. The van der Waals surface area contributed by atoms with Crippen molar-refractivity contribution in [2.45, 2.75) is 6.61 Å². The third kappa shape index (κ3) is 5.16. The lowest BCUT2D eigenvalue weighted by molar-refractivity contribution is 0.0696. The number of carboxylic acids is 1. The second kappa shape index (κ2) is 9.87. The molecule has 1 aromatic heterocycles. The lowest BCUT2D eigenvalue weighted by atomic mass is 10.1. The van der Waals surface area contributed by atoms with Gasteiger partial charge in [0.2, 0.25) is 0 Å². The molecule has 2 N–H and O–H groups in total. The number of aromatic amines is 1. The largest absolute Gasteiger partial charge is 0.487 e. The lowest BCUT2D eigenvalue weighted by Gasteiger charge is -2.12. The van der Waals surface area contributed by atoms with Crippen LogP contribution in [0.5, 0.6) is 5.75 Å². The Kier molecular flexibility index (Phi) is 6.93. The number of fused-ring (bicyclic) bond motifs is 1. The van der Waals surface area contributed by atoms with Crippen molar-refractivity contribution in [1.82, 2.24) is 9.66 Å². The quantitative estimate of drug-likeness (QED) is 0.238. The van der Waals surface area contributed by atoms with E-state index in [4.69, 9.17) is 9.84 Å². The minimum Gasteiger partial charge on any atom is -0.487 e. The van der Waals surface area contributed by atoms with Crippen molar-refractivity contribution in [2.24, 2.45) is 5.10 Å². The highest BCUT2D eigenvalue weighted by atomic mass is 127. The van der Waals surface area contributed by atoms with Crippen LogP contribution in [0, 0.1) is 7.14 Å². The summed E-state index contributed by atoms with van der Waals surface area (Å²) >= 11 is 4.26. The van der Waals surface area contributed by atoms with E-state index in [0.717, 1.165) is 17.4 Å². The second-order valence-electron chi connectivity index (χ2n) is 6.95. The van der Waals surface area contributed by atoms with Crippen LogP contribution in [0.15, 0.2) is 75.4 Å². The van der Waals surface area contributed by atoms with Gasteiger partial charge in [-0.1, -0.05) is 24.3 Å². The monoisotopic (exact) mass is 667 g/mol. The summed E-state index contributed by atoms with van der Waals surface area (Å²) in [5.74, 6) is -0.344. The number of aromatic carboxylic acids is 1. The number of ether oxygens (including phenoxy) is 1. The van der Waals surface area contributed by atoms with Gasteiger partial charge in [-0.2, -0.15) is 5.10 Å². The number of hydrogen-bond donors (Lipinski definition) is 2. The van der Waals surface area contributed by atoms with Crippen molar-refractivity contribution >= 4 is 68.3 Å². The summed E-state index contributed by atoms with van der Waals surface area (Å²) in [6, 6.07) is 16.9. The molecule has 0 amide bonds. The van der Waals surface area contributed by atoms with E-state index in [1.54, 1.807) is 42.5 Å². The number of hydrogen-bond acceptors (Lipinski definition) is 5. The van der Waals surface area contributed by atoms with E-state index in [-0.39, 0.29) is 12.2 Å². The molecular formula is C23H15I2N3O5. The molecule has 0 spiro atoms. The number of nitrogens with zero attached hydrogens (tertiary/aromatic N) is 2. The summed E-state index contributed by atoms with van der Waals surface area (Å²) in [4.78, 5) is 38.7. The van der Waals surface area contributed by atoms with Crippen molar-refractivity contribution in [3.63, 3.8) is 0 Å². The van der Waals surface area contributed by atoms with Gasteiger partial charge in [0.15, 0.2) is 0 Å². The van der Waals surface area contributed by atoms with Gasteiger partial charge in [-0.3, -0.25) is 4.79 Å². The van der Waals surface area contributed by atoms with Crippen LogP contribution in [0.3, 0.4) is 0 Å². The highest BCUT2D eigenvalue weighted by molar-refractivity contribution is 14.1. The third-order valence-electron chi connectivity index (χ3n) is 4.68. The zero-order valence-corrected chi connectivity index (χ0v) is 21.1. The minimum absolute atomic E-state index is 0.200. The van der Waals surface area contributed by atoms with Gasteiger partial charge < -0.3 is 14.8 Å². The van der Waals surface area contributed by atoms with E-state index in [9.17, 15) is 14.4 Å². The number of H-pyrrole nitrogens is 1. The molecule has 0 bridgehead atoms. The van der Waals surface area contributed by atoms with Gasteiger partial charge in [-0.25, -0.2) is 9.59 Å². The second-order valence-corrected chi connectivity index (χ2v) is 9.27. The highest BCUT2D eigenvalue weighted by Crippen LogP contribution is 2.29. The molecule has 3 aromatic carbocycles. The number of aromatic nitrogens is 2. The van der Waals surface area contributed by atoms with Crippen molar-refractivity contribution in [3.05, 3.63) is 105 Å². The first-order chi connectivity index (χ1) is 15.8. The molecule has 8 nitrogen and oxygen atoms in total. The van der Waals surface area contributed by atoms with Crippen LogP contribution in [0.4, 0.5) is 0 Å². The zero-order valence-electron chi connectivity index (χ0n) is 16.8. The fourth-order valence-corrected chi connectivity index (χ4v) is 5.25. The minimum atomic E-state index is -0.992. The standard InChI is InChI=1S/C23H15I2N3O5/c24-17-9-14(11-26-28-21(29)16-6-1-2-7-19(16)27-23(28)32)10-18(25)20(17)33-12-13-4-3-5-15(8-13)22(30)31/h1-11H,12H2,(H,27,32)(H,30,31). The number of para-hydroxylation sites is 1. The molecule has 0 aliphatic rings. The number of rotatable bonds is 6. The first-order valence-corrected chi connectivity index (χ1v) is 11.7. The fraction of sp³-hybridized carbons (Fsp3) is 0.0435. The molecule has 0 unspecified atom stereocenters. The number of nitrogens with one attached hydrogen (secondary N) is 1. The molecular weight excluding hydrogens is 652 g/mol. The summed E-state index contributed by atoms with van der Waals surface area (Å²) in [6.07, 6.45) is 1.44. The maximum absolute atomic E-state index is 12.6. The van der Waals surface area contributed by atoms with E-state index in [2.05, 4.69) is 55.3 Å². The topological polar surface area (TPSA) is 114 Å². The molecule has 1 heterocycles. The molecule has 4 aromatic rings. The molecule has 166 valence electrons. The van der Waals surface area contributed by atoms with Gasteiger partial charge in [-0.05, 0) is 92.7 Å². The van der Waals surface area contributed by atoms with Crippen LogP contribution in [0.25, 0.3) is 10.9 Å². The SMILES string of the molecule is O=C(O)c1cccc(COc2c(I)cc(C=Nn3c(=O)[nH]c4ccccc4c3=O)cc2I)c1. The molecule has 4 rings (SSSR count). The van der Waals surface area contributed by atoms with Crippen LogP contribution >= 0.6 is 45.2 Å².